The predicted molar refractivity (Wildman–Crippen MR) is 119 cm³/mol. The van der Waals surface area contributed by atoms with E-state index in [1.807, 2.05) is 18.2 Å². The first-order chi connectivity index (χ1) is 14.4. The highest BCUT2D eigenvalue weighted by molar-refractivity contribution is 6.30. The molecule has 2 atom stereocenters. The van der Waals surface area contributed by atoms with E-state index in [1.165, 1.54) is 5.56 Å². The minimum absolute atomic E-state index is 0.284. The van der Waals surface area contributed by atoms with E-state index in [9.17, 15) is 14.7 Å². The number of benzene rings is 2. The average molecular weight is 425 g/mol. The molecule has 0 saturated carbocycles. The second kappa shape index (κ2) is 9.72. The van der Waals surface area contributed by atoms with Gasteiger partial charge in [-0.25, -0.2) is 0 Å². The fourth-order valence-electron chi connectivity index (χ4n) is 3.95. The second-order valence-electron chi connectivity index (χ2n) is 7.45. The molecule has 1 amide bonds. The van der Waals surface area contributed by atoms with Crippen molar-refractivity contribution in [2.24, 2.45) is 10.9 Å². The van der Waals surface area contributed by atoms with Gasteiger partial charge in [-0.3, -0.25) is 14.6 Å². The molecule has 6 heteroatoms. The van der Waals surface area contributed by atoms with Crippen molar-refractivity contribution in [1.29, 1.82) is 0 Å². The van der Waals surface area contributed by atoms with Crippen LogP contribution in [0.5, 0.6) is 0 Å². The topological polar surface area (TPSA) is 78.8 Å². The van der Waals surface area contributed by atoms with Crippen molar-refractivity contribution in [1.82, 2.24) is 5.32 Å². The van der Waals surface area contributed by atoms with Crippen LogP contribution in [0, 0.1) is 5.92 Å². The Morgan fingerprint density at radius 2 is 1.83 bits per heavy atom. The van der Waals surface area contributed by atoms with Gasteiger partial charge in [0.15, 0.2) is 0 Å². The second-order valence-corrected chi connectivity index (χ2v) is 7.88. The number of halogens is 1. The summed E-state index contributed by atoms with van der Waals surface area (Å²) in [7, 11) is 0. The number of nitrogens with zero attached hydrogens (tertiary/aromatic N) is 1. The Morgan fingerprint density at radius 1 is 1.10 bits per heavy atom. The summed E-state index contributed by atoms with van der Waals surface area (Å²) in [4.78, 5) is 29.5. The molecule has 2 aromatic carbocycles. The molecular weight excluding hydrogens is 400 g/mol. The van der Waals surface area contributed by atoms with Crippen molar-refractivity contribution in [2.45, 2.75) is 32.6 Å². The number of carbonyl (C=O) groups is 2. The first kappa shape index (κ1) is 21.8. The van der Waals surface area contributed by atoms with E-state index in [-0.39, 0.29) is 5.91 Å². The highest BCUT2D eigenvalue weighted by atomic mass is 35.5. The van der Waals surface area contributed by atoms with Gasteiger partial charge in [0, 0.05) is 34.5 Å². The van der Waals surface area contributed by atoms with Crippen LogP contribution in [0.2, 0.25) is 5.02 Å². The van der Waals surface area contributed by atoms with Gasteiger partial charge >= 0.3 is 5.97 Å². The van der Waals surface area contributed by atoms with E-state index in [1.54, 1.807) is 38.1 Å². The Balaban J connectivity index is 1.82. The molecular formula is C24H25ClN2O3. The fourth-order valence-corrected chi connectivity index (χ4v) is 4.15. The lowest BCUT2D eigenvalue weighted by atomic mass is 9.75. The molecule has 0 spiro atoms. The SMILES string of the molecule is CC1=NC(C)=C(C(=O)NCCCc2ccccc2)C(c2cccc(Cl)c2)C1C(=O)O. The normalized spacial score (nSPS) is 18.7. The third-order valence-corrected chi connectivity index (χ3v) is 5.55. The van der Waals surface area contributed by atoms with Gasteiger partial charge in [0.25, 0.3) is 0 Å². The molecule has 5 nitrogen and oxygen atoms in total. The quantitative estimate of drug-likeness (QED) is 0.636. The van der Waals surface area contributed by atoms with E-state index in [0.717, 1.165) is 12.8 Å². The largest absolute Gasteiger partial charge is 0.481 e. The molecule has 1 heterocycles. The standard InChI is InChI=1S/C24H25ClN2O3/c1-15-20(23(28)26-13-7-10-17-8-4-3-5-9-17)22(18-11-6-12-19(25)14-18)21(24(29)30)16(2)27-15/h3-6,8-9,11-12,14,21-22H,7,10,13H2,1-2H3,(H,26,28)(H,29,30). The van der Waals surface area contributed by atoms with Crippen molar-refractivity contribution in [3.8, 4) is 0 Å². The number of rotatable bonds is 7. The van der Waals surface area contributed by atoms with Gasteiger partial charge < -0.3 is 10.4 Å². The van der Waals surface area contributed by atoms with Gasteiger partial charge in [-0.05, 0) is 49.9 Å². The van der Waals surface area contributed by atoms with E-state index < -0.39 is 17.8 Å². The van der Waals surface area contributed by atoms with Crippen LogP contribution in [0.15, 0.2) is 70.9 Å². The summed E-state index contributed by atoms with van der Waals surface area (Å²) in [5.74, 6) is -2.86. The van der Waals surface area contributed by atoms with E-state index >= 15 is 0 Å². The number of carbonyl (C=O) groups excluding carboxylic acids is 1. The number of carboxylic acids is 1. The Bertz CT molecular complexity index is 999. The molecule has 156 valence electrons. The monoisotopic (exact) mass is 424 g/mol. The number of hydrogen-bond donors (Lipinski definition) is 2. The smallest absolute Gasteiger partial charge is 0.313 e. The molecule has 2 aromatic rings. The van der Waals surface area contributed by atoms with Gasteiger partial charge in [0.05, 0.1) is 0 Å². The number of hydrogen-bond acceptors (Lipinski definition) is 3. The van der Waals surface area contributed by atoms with Crippen LogP contribution in [0.25, 0.3) is 0 Å². The number of amides is 1. The molecule has 0 bridgehead atoms. The van der Waals surface area contributed by atoms with E-state index in [0.29, 0.717) is 34.1 Å². The minimum Gasteiger partial charge on any atom is -0.481 e. The maximum absolute atomic E-state index is 13.1. The Morgan fingerprint density at radius 3 is 2.50 bits per heavy atom. The van der Waals surface area contributed by atoms with Crippen LogP contribution in [0.4, 0.5) is 0 Å². The van der Waals surface area contributed by atoms with Crippen LogP contribution in [0.3, 0.4) is 0 Å². The van der Waals surface area contributed by atoms with Crippen LogP contribution < -0.4 is 5.32 Å². The number of nitrogens with one attached hydrogen (secondary N) is 1. The number of aliphatic carboxylic acids is 1. The highest BCUT2D eigenvalue weighted by Gasteiger charge is 2.40. The summed E-state index contributed by atoms with van der Waals surface area (Å²) in [6.07, 6.45) is 1.64. The summed E-state index contributed by atoms with van der Waals surface area (Å²) < 4.78 is 0. The van der Waals surface area contributed by atoms with Crippen molar-refractivity contribution < 1.29 is 14.7 Å². The molecule has 0 radical (unpaired) electrons. The van der Waals surface area contributed by atoms with Crippen LogP contribution >= 0.6 is 11.6 Å². The lowest BCUT2D eigenvalue weighted by molar-refractivity contribution is -0.139. The van der Waals surface area contributed by atoms with Crippen LogP contribution in [-0.2, 0) is 16.0 Å². The predicted octanol–water partition coefficient (Wildman–Crippen LogP) is 4.62. The van der Waals surface area contributed by atoms with Crippen molar-refractivity contribution in [3.05, 3.63) is 82.0 Å². The zero-order chi connectivity index (χ0) is 21.7. The number of allylic oxidation sites excluding steroid dienone is 1. The first-order valence-corrected chi connectivity index (χ1v) is 10.3. The minimum atomic E-state index is -1.01. The Labute approximate surface area is 181 Å². The molecule has 1 aliphatic heterocycles. The molecule has 0 aliphatic carbocycles. The zero-order valence-electron chi connectivity index (χ0n) is 17.1. The molecule has 1 aliphatic rings. The van der Waals surface area contributed by atoms with Gasteiger partial charge in [-0.2, -0.15) is 0 Å². The summed E-state index contributed by atoms with van der Waals surface area (Å²) in [6, 6.07) is 17.1. The fraction of sp³-hybridized carbons (Fsp3) is 0.292. The van der Waals surface area contributed by atoms with Crippen molar-refractivity contribution >= 4 is 29.2 Å². The zero-order valence-corrected chi connectivity index (χ0v) is 17.8. The lowest BCUT2D eigenvalue weighted by Crippen LogP contribution is -2.38. The first-order valence-electron chi connectivity index (χ1n) is 9.95. The maximum atomic E-state index is 13.1. The van der Waals surface area contributed by atoms with Gasteiger partial charge in [-0.1, -0.05) is 54.1 Å². The molecule has 3 rings (SSSR count). The summed E-state index contributed by atoms with van der Waals surface area (Å²) in [6.45, 7) is 3.93. The Kier molecular flexibility index (Phi) is 7.06. The van der Waals surface area contributed by atoms with E-state index in [2.05, 4.69) is 22.4 Å². The molecule has 2 N–H and O–H groups in total. The highest BCUT2D eigenvalue weighted by Crippen LogP contribution is 2.39. The average Bonchev–Trinajstić information content (AvgIpc) is 2.71. The number of aliphatic imine (C=N–C) groups is 1. The lowest BCUT2D eigenvalue weighted by Gasteiger charge is -2.31. The third kappa shape index (κ3) is 4.97. The molecule has 0 saturated heterocycles. The summed E-state index contributed by atoms with van der Waals surface area (Å²) in [5.41, 5.74) is 3.30. The third-order valence-electron chi connectivity index (χ3n) is 5.32. The molecule has 2 unspecified atom stereocenters. The van der Waals surface area contributed by atoms with E-state index in [4.69, 9.17) is 11.6 Å². The maximum Gasteiger partial charge on any atom is 0.313 e. The number of carboxylic acid groups (broad SMARTS) is 1. The molecule has 0 aromatic heterocycles. The Hall–Kier alpha value is -2.92. The van der Waals surface area contributed by atoms with Crippen molar-refractivity contribution in [2.75, 3.05) is 6.54 Å². The summed E-state index contributed by atoms with van der Waals surface area (Å²) in [5, 5.41) is 13.3. The van der Waals surface area contributed by atoms with Gasteiger partial charge in [-0.15, -0.1) is 0 Å². The van der Waals surface area contributed by atoms with Crippen molar-refractivity contribution in [3.63, 3.8) is 0 Å². The molecule has 0 fully saturated rings. The number of aryl methyl sites for hydroxylation is 1. The van der Waals surface area contributed by atoms with Gasteiger partial charge in [0.2, 0.25) is 5.91 Å². The van der Waals surface area contributed by atoms with Gasteiger partial charge in [0.1, 0.15) is 5.92 Å². The summed E-state index contributed by atoms with van der Waals surface area (Å²) >= 11 is 6.16. The van der Waals surface area contributed by atoms with Crippen LogP contribution in [0.1, 0.15) is 37.3 Å². The van der Waals surface area contributed by atoms with Crippen LogP contribution in [-0.4, -0.2) is 29.2 Å². The molecule has 30 heavy (non-hydrogen) atoms.